The Morgan fingerprint density at radius 1 is 1.18 bits per heavy atom. The molecular formula is C19H29N3. The van der Waals surface area contributed by atoms with Crippen molar-refractivity contribution in [2.75, 3.05) is 19.6 Å². The van der Waals surface area contributed by atoms with Crippen LogP contribution in [-0.2, 0) is 13.6 Å². The second-order valence-corrected chi connectivity index (χ2v) is 6.95. The van der Waals surface area contributed by atoms with Gasteiger partial charge >= 0.3 is 0 Å². The van der Waals surface area contributed by atoms with E-state index in [1.807, 2.05) is 0 Å². The van der Waals surface area contributed by atoms with Crippen LogP contribution in [0.25, 0.3) is 10.9 Å². The Bertz CT molecular complexity index is 629. The third-order valence-corrected chi connectivity index (χ3v) is 5.11. The lowest BCUT2D eigenvalue weighted by molar-refractivity contribution is 0.0457. The van der Waals surface area contributed by atoms with Crippen LogP contribution < -0.4 is 0 Å². The fraction of sp³-hybridized carbons (Fsp3) is 0.579. The highest BCUT2D eigenvalue weighted by Crippen LogP contribution is 2.21. The molecule has 22 heavy (non-hydrogen) atoms. The number of hydrogen-bond acceptors (Lipinski definition) is 2. The summed E-state index contributed by atoms with van der Waals surface area (Å²) in [4.78, 5) is 5.29. The van der Waals surface area contributed by atoms with Gasteiger partial charge in [0.2, 0.25) is 0 Å². The van der Waals surface area contributed by atoms with Crippen molar-refractivity contribution in [3.8, 4) is 0 Å². The second-order valence-electron chi connectivity index (χ2n) is 6.95. The summed E-state index contributed by atoms with van der Waals surface area (Å²) in [7, 11) is 2.13. The highest BCUT2D eigenvalue weighted by atomic mass is 15.3. The summed E-state index contributed by atoms with van der Waals surface area (Å²) in [6, 6.07) is 10.4. The first-order valence-corrected chi connectivity index (χ1v) is 8.60. The Kier molecular flexibility index (Phi) is 4.55. The molecule has 1 aromatic heterocycles. The van der Waals surface area contributed by atoms with Gasteiger partial charge < -0.3 is 4.57 Å². The molecule has 3 rings (SSSR count). The Hall–Kier alpha value is -1.32. The van der Waals surface area contributed by atoms with E-state index in [0.717, 1.165) is 6.54 Å². The summed E-state index contributed by atoms with van der Waals surface area (Å²) in [6.07, 6.45) is 3.38. The first kappa shape index (κ1) is 15.6. The van der Waals surface area contributed by atoms with E-state index in [1.165, 1.54) is 42.5 Å². The van der Waals surface area contributed by atoms with Crippen molar-refractivity contribution in [1.29, 1.82) is 0 Å². The fourth-order valence-electron chi connectivity index (χ4n) is 3.79. The van der Waals surface area contributed by atoms with Crippen LogP contribution in [0.15, 0.2) is 30.5 Å². The molecule has 2 aromatic rings. The molecule has 1 unspecified atom stereocenters. The van der Waals surface area contributed by atoms with Crippen LogP contribution >= 0.6 is 0 Å². The highest BCUT2D eigenvalue weighted by Gasteiger charge is 2.27. The molecule has 0 spiro atoms. The van der Waals surface area contributed by atoms with E-state index in [9.17, 15) is 0 Å². The summed E-state index contributed by atoms with van der Waals surface area (Å²) in [5.74, 6) is 0. The van der Waals surface area contributed by atoms with E-state index in [-0.39, 0.29) is 0 Å². The largest absolute Gasteiger partial charge is 0.351 e. The summed E-state index contributed by atoms with van der Waals surface area (Å²) >= 11 is 0. The average molecular weight is 299 g/mol. The van der Waals surface area contributed by atoms with Crippen LogP contribution in [0.1, 0.15) is 32.8 Å². The second kappa shape index (κ2) is 6.43. The third kappa shape index (κ3) is 3.06. The molecule has 120 valence electrons. The van der Waals surface area contributed by atoms with Crippen molar-refractivity contribution in [2.24, 2.45) is 7.05 Å². The molecule has 3 heteroatoms. The third-order valence-electron chi connectivity index (χ3n) is 5.11. The molecular weight excluding hydrogens is 270 g/mol. The Morgan fingerprint density at radius 2 is 2.00 bits per heavy atom. The van der Waals surface area contributed by atoms with Crippen molar-refractivity contribution in [2.45, 2.75) is 45.8 Å². The number of nitrogens with zero attached hydrogens (tertiary/aromatic N) is 3. The molecule has 1 fully saturated rings. The molecule has 1 aliphatic rings. The smallest absolute Gasteiger partial charge is 0.0480 e. The van der Waals surface area contributed by atoms with E-state index >= 15 is 0 Å². The van der Waals surface area contributed by atoms with Crippen molar-refractivity contribution < 1.29 is 0 Å². The number of hydrogen-bond donors (Lipinski definition) is 0. The van der Waals surface area contributed by atoms with E-state index in [1.54, 1.807) is 0 Å². The number of piperazine rings is 1. The number of rotatable bonds is 4. The first-order valence-electron chi connectivity index (χ1n) is 8.60. The predicted octanol–water partition coefficient (Wildman–Crippen LogP) is 3.48. The lowest BCUT2D eigenvalue weighted by Gasteiger charge is -2.43. The van der Waals surface area contributed by atoms with Crippen molar-refractivity contribution in [1.82, 2.24) is 14.4 Å². The van der Waals surface area contributed by atoms with Crippen LogP contribution in [0.3, 0.4) is 0 Å². The maximum Gasteiger partial charge on any atom is 0.0480 e. The Morgan fingerprint density at radius 3 is 2.73 bits per heavy atom. The molecule has 0 saturated carbocycles. The van der Waals surface area contributed by atoms with Gasteiger partial charge in [-0.2, -0.15) is 0 Å². The molecule has 0 amide bonds. The minimum atomic E-state index is 0.659. The van der Waals surface area contributed by atoms with Crippen molar-refractivity contribution in [3.63, 3.8) is 0 Å². The van der Waals surface area contributed by atoms with Gasteiger partial charge in [-0.05, 0) is 43.4 Å². The van der Waals surface area contributed by atoms with Crippen LogP contribution in [0.2, 0.25) is 0 Å². The van der Waals surface area contributed by atoms with E-state index in [0.29, 0.717) is 12.1 Å². The minimum Gasteiger partial charge on any atom is -0.351 e. The zero-order valence-corrected chi connectivity index (χ0v) is 14.4. The van der Waals surface area contributed by atoms with Crippen LogP contribution in [0.4, 0.5) is 0 Å². The average Bonchev–Trinajstić information content (AvgIpc) is 2.88. The zero-order valence-electron chi connectivity index (χ0n) is 14.4. The molecule has 0 bridgehead atoms. The maximum atomic E-state index is 2.66. The molecule has 1 saturated heterocycles. The van der Waals surface area contributed by atoms with E-state index in [4.69, 9.17) is 0 Å². The van der Waals surface area contributed by atoms with Gasteiger partial charge in [0.1, 0.15) is 0 Å². The van der Waals surface area contributed by atoms with Crippen LogP contribution in [0, 0.1) is 0 Å². The fourth-order valence-corrected chi connectivity index (χ4v) is 3.79. The number of aromatic nitrogens is 1. The summed E-state index contributed by atoms with van der Waals surface area (Å²) < 4.78 is 2.21. The van der Waals surface area contributed by atoms with Gasteiger partial charge in [0.15, 0.2) is 0 Å². The van der Waals surface area contributed by atoms with Gasteiger partial charge in [0.05, 0.1) is 0 Å². The lowest BCUT2D eigenvalue weighted by atomic mass is 10.1. The summed E-state index contributed by atoms with van der Waals surface area (Å²) in [5.41, 5.74) is 2.77. The molecule has 0 aliphatic carbocycles. The van der Waals surface area contributed by atoms with Crippen LogP contribution in [0.5, 0.6) is 0 Å². The first-order chi connectivity index (χ1) is 10.6. The summed E-state index contributed by atoms with van der Waals surface area (Å²) in [5, 5.41) is 1.34. The monoisotopic (exact) mass is 299 g/mol. The highest BCUT2D eigenvalue weighted by molar-refractivity contribution is 5.80. The molecule has 1 aliphatic heterocycles. The predicted molar refractivity (Wildman–Crippen MR) is 94.1 cm³/mol. The number of benzene rings is 1. The lowest BCUT2D eigenvalue weighted by Crippen LogP contribution is -2.54. The van der Waals surface area contributed by atoms with Gasteiger partial charge in [-0.15, -0.1) is 0 Å². The van der Waals surface area contributed by atoms with Gasteiger partial charge in [0.25, 0.3) is 0 Å². The number of fused-ring (bicyclic) bond motifs is 1. The topological polar surface area (TPSA) is 11.4 Å². The van der Waals surface area contributed by atoms with Gasteiger partial charge in [-0.25, -0.2) is 0 Å². The quantitative estimate of drug-likeness (QED) is 0.856. The van der Waals surface area contributed by atoms with Crippen LogP contribution in [-0.4, -0.2) is 46.1 Å². The van der Waals surface area contributed by atoms with E-state index in [2.05, 4.69) is 72.6 Å². The van der Waals surface area contributed by atoms with E-state index < -0.39 is 0 Å². The van der Waals surface area contributed by atoms with Gasteiger partial charge in [0, 0.05) is 57.0 Å². The molecule has 2 heterocycles. The molecule has 0 radical (unpaired) electrons. The summed E-state index contributed by atoms with van der Waals surface area (Å²) in [6.45, 7) is 11.6. The molecule has 1 atom stereocenters. The maximum absolute atomic E-state index is 2.66. The standard InChI is InChI=1S/C19H29N3/c1-5-18-14-21(10-11-22(18)15(2)3)13-16-6-7-17-8-9-20(4)19(17)12-16/h6-9,12,15,18H,5,10-11,13-14H2,1-4H3. The number of aryl methyl sites for hydroxylation is 1. The normalized spacial score (nSPS) is 21.0. The Labute approximate surface area is 134 Å². The minimum absolute atomic E-state index is 0.659. The molecule has 0 N–H and O–H groups in total. The van der Waals surface area contributed by atoms with Gasteiger partial charge in [-0.3, -0.25) is 9.80 Å². The Balaban J connectivity index is 1.71. The molecule has 1 aromatic carbocycles. The SMILES string of the molecule is CCC1CN(Cc2ccc3ccn(C)c3c2)CCN1C(C)C. The zero-order chi connectivity index (χ0) is 15.7. The van der Waals surface area contributed by atoms with Crippen molar-refractivity contribution in [3.05, 3.63) is 36.0 Å². The van der Waals surface area contributed by atoms with Gasteiger partial charge in [-0.1, -0.05) is 19.1 Å². The van der Waals surface area contributed by atoms with Crippen molar-refractivity contribution >= 4 is 10.9 Å². The molecule has 3 nitrogen and oxygen atoms in total.